The van der Waals surface area contributed by atoms with Gasteiger partial charge in [0.05, 0.1) is 31.8 Å². The molecule has 4 heterocycles. The SMILES string of the molecule is CCc1cc(Nc2ncc(Cl)c(Nc3ccc(-c4cnc(OC)nc4)cc3P(C)(C)=O)n2)c(OC)cc1N1CCC(N2CCN(C)CC2)CC1. The van der Waals surface area contributed by atoms with Crippen LogP contribution in [0.4, 0.5) is 28.8 Å². The average molecular weight is 720 g/mol. The van der Waals surface area contributed by atoms with Crippen molar-refractivity contribution in [2.75, 3.05) is 89.4 Å². The summed E-state index contributed by atoms with van der Waals surface area (Å²) in [5.74, 6) is 1.45. The Morgan fingerprint density at radius 3 is 2.24 bits per heavy atom. The molecule has 2 saturated heterocycles. The smallest absolute Gasteiger partial charge is 0.316 e. The standard InChI is InChI=1S/C36H47ClN9O3P/c1-7-24-18-30(32(48-3)20-31(24)46-12-10-27(11-13-46)45-16-14-44(2)15-17-45)42-35-38-23-28(37)34(43-35)41-29-9-8-25(19-33(29)50(5,6)47)26-21-39-36(49-4)40-22-26/h8-9,18-23,27H,7,10-17H2,1-6H3,(H2,38,41,42,43). The van der Waals surface area contributed by atoms with E-state index >= 15 is 0 Å². The second kappa shape index (κ2) is 15.5. The number of aryl methyl sites for hydroxylation is 1. The second-order valence-electron chi connectivity index (χ2n) is 13.3. The molecule has 2 N–H and O–H groups in total. The average Bonchev–Trinajstić information content (AvgIpc) is 3.13. The molecule has 0 bridgehead atoms. The number of nitrogens with zero attached hydrogens (tertiary/aromatic N) is 7. The van der Waals surface area contributed by atoms with Gasteiger partial charge in [-0.3, -0.25) is 4.90 Å². The highest BCUT2D eigenvalue weighted by atomic mass is 35.5. The predicted octanol–water partition coefficient (Wildman–Crippen LogP) is 6.12. The summed E-state index contributed by atoms with van der Waals surface area (Å²) in [5, 5.41) is 7.65. The van der Waals surface area contributed by atoms with Gasteiger partial charge in [-0.2, -0.15) is 4.98 Å². The first-order valence-electron chi connectivity index (χ1n) is 17.1. The molecule has 0 amide bonds. The zero-order valence-corrected chi connectivity index (χ0v) is 31.4. The Balaban J connectivity index is 1.21. The molecule has 0 aliphatic carbocycles. The van der Waals surface area contributed by atoms with Gasteiger partial charge in [-0.05, 0) is 69.0 Å². The minimum atomic E-state index is -2.74. The van der Waals surface area contributed by atoms with Gasteiger partial charge >= 0.3 is 6.01 Å². The van der Waals surface area contributed by atoms with Gasteiger partial charge in [-0.25, -0.2) is 15.0 Å². The summed E-state index contributed by atoms with van der Waals surface area (Å²) >= 11 is 6.60. The summed E-state index contributed by atoms with van der Waals surface area (Å²) < 4.78 is 24.5. The summed E-state index contributed by atoms with van der Waals surface area (Å²) in [6.45, 7) is 12.3. The molecule has 2 aromatic carbocycles. The van der Waals surface area contributed by atoms with E-state index in [0.717, 1.165) is 75.3 Å². The van der Waals surface area contributed by atoms with Crippen molar-refractivity contribution >= 4 is 52.9 Å². The number of rotatable bonds is 11. The van der Waals surface area contributed by atoms with E-state index in [-0.39, 0.29) is 6.01 Å². The van der Waals surface area contributed by atoms with Crippen LogP contribution >= 0.6 is 18.7 Å². The molecule has 0 spiro atoms. The van der Waals surface area contributed by atoms with E-state index in [9.17, 15) is 4.57 Å². The second-order valence-corrected chi connectivity index (χ2v) is 16.9. The van der Waals surface area contributed by atoms with Crippen molar-refractivity contribution in [3.63, 3.8) is 0 Å². The number of aromatic nitrogens is 4. The molecular formula is C36H47ClN9O3P. The highest BCUT2D eigenvalue weighted by Gasteiger charge is 2.28. The van der Waals surface area contributed by atoms with E-state index in [1.807, 2.05) is 18.2 Å². The first kappa shape index (κ1) is 35.9. The van der Waals surface area contributed by atoms with Crippen LogP contribution in [0.5, 0.6) is 11.8 Å². The number of hydrogen-bond donors (Lipinski definition) is 2. The third-order valence-corrected chi connectivity index (χ3v) is 11.4. The summed E-state index contributed by atoms with van der Waals surface area (Å²) in [6, 6.07) is 10.9. The lowest BCUT2D eigenvalue weighted by Crippen LogP contribution is -2.52. The zero-order valence-electron chi connectivity index (χ0n) is 29.7. The van der Waals surface area contributed by atoms with Crippen LogP contribution in [0.15, 0.2) is 48.9 Å². The molecule has 6 rings (SSSR count). The molecule has 2 aliphatic rings. The van der Waals surface area contributed by atoms with Crippen LogP contribution in [0.2, 0.25) is 5.02 Å². The predicted molar refractivity (Wildman–Crippen MR) is 203 cm³/mol. The fraction of sp³-hybridized carbons (Fsp3) is 0.444. The number of benzene rings is 2. The Morgan fingerprint density at radius 1 is 0.880 bits per heavy atom. The van der Waals surface area contributed by atoms with E-state index in [0.29, 0.717) is 39.6 Å². The van der Waals surface area contributed by atoms with Gasteiger partial charge < -0.3 is 34.5 Å². The zero-order chi connectivity index (χ0) is 35.4. The highest BCUT2D eigenvalue weighted by Crippen LogP contribution is 2.41. The minimum absolute atomic E-state index is 0.281. The van der Waals surface area contributed by atoms with Crippen LogP contribution in [0, 0.1) is 0 Å². The molecule has 0 unspecified atom stereocenters. The van der Waals surface area contributed by atoms with Gasteiger partial charge in [-0.1, -0.05) is 24.6 Å². The quantitative estimate of drug-likeness (QED) is 0.174. The first-order valence-corrected chi connectivity index (χ1v) is 20.0. The number of methoxy groups -OCH3 is 2. The molecular weight excluding hydrogens is 673 g/mol. The monoisotopic (exact) mass is 719 g/mol. The molecule has 4 aromatic rings. The van der Waals surface area contributed by atoms with Crippen molar-refractivity contribution in [1.29, 1.82) is 0 Å². The van der Waals surface area contributed by atoms with E-state index in [2.05, 4.69) is 66.4 Å². The van der Waals surface area contributed by atoms with Crippen molar-refractivity contribution in [3.05, 3.63) is 59.5 Å². The maximum atomic E-state index is 13.5. The van der Waals surface area contributed by atoms with Crippen molar-refractivity contribution in [2.45, 2.75) is 32.2 Å². The van der Waals surface area contributed by atoms with Crippen LogP contribution in [-0.4, -0.2) is 110 Å². The fourth-order valence-corrected chi connectivity index (χ4v) is 8.01. The number of anilines is 5. The number of piperazine rings is 1. The maximum Gasteiger partial charge on any atom is 0.316 e. The maximum absolute atomic E-state index is 13.5. The summed E-state index contributed by atoms with van der Waals surface area (Å²) in [7, 11) is 2.67. The molecule has 0 atom stereocenters. The topological polar surface area (TPSA) is 121 Å². The number of halogens is 1. The van der Waals surface area contributed by atoms with E-state index in [4.69, 9.17) is 26.1 Å². The lowest BCUT2D eigenvalue weighted by Gasteiger charge is -2.43. The number of ether oxygens (including phenoxy) is 2. The van der Waals surface area contributed by atoms with Crippen molar-refractivity contribution in [1.82, 2.24) is 29.7 Å². The van der Waals surface area contributed by atoms with Crippen molar-refractivity contribution in [3.8, 4) is 22.9 Å². The normalized spacial score (nSPS) is 16.3. The summed E-state index contributed by atoms with van der Waals surface area (Å²) in [4.78, 5) is 25.2. The Kier molecular flexibility index (Phi) is 11.1. The first-order chi connectivity index (χ1) is 24.1. The molecule has 2 aromatic heterocycles. The highest BCUT2D eigenvalue weighted by molar-refractivity contribution is 7.70. The van der Waals surface area contributed by atoms with E-state index < -0.39 is 7.14 Å². The molecule has 266 valence electrons. The molecule has 2 aliphatic heterocycles. The van der Waals surface area contributed by atoms with Gasteiger partial charge in [0.1, 0.15) is 17.9 Å². The Morgan fingerprint density at radius 2 is 1.60 bits per heavy atom. The molecule has 50 heavy (non-hydrogen) atoms. The van der Waals surface area contributed by atoms with Gasteiger partial charge in [0.2, 0.25) is 5.95 Å². The lowest BCUT2D eigenvalue weighted by atomic mass is 9.99. The fourth-order valence-electron chi connectivity index (χ4n) is 6.71. The Hall–Kier alpha value is -3.96. The van der Waals surface area contributed by atoms with Crippen LogP contribution in [0.1, 0.15) is 25.3 Å². The third kappa shape index (κ3) is 8.15. The molecule has 14 heteroatoms. The number of piperidine rings is 1. The van der Waals surface area contributed by atoms with Gasteiger partial charge in [0.25, 0.3) is 0 Å². The summed E-state index contributed by atoms with van der Waals surface area (Å²) in [5.41, 5.74) is 5.45. The van der Waals surface area contributed by atoms with Crippen LogP contribution < -0.4 is 30.3 Å². The van der Waals surface area contributed by atoms with Crippen LogP contribution in [0.3, 0.4) is 0 Å². The molecule has 0 radical (unpaired) electrons. The van der Waals surface area contributed by atoms with E-state index in [1.54, 1.807) is 39.0 Å². The molecule has 12 nitrogen and oxygen atoms in total. The van der Waals surface area contributed by atoms with Crippen LogP contribution in [-0.2, 0) is 11.0 Å². The molecule has 0 saturated carbocycles. The van der Waals surface area contributed by atoms with Crippen LogP contribution in [0.25, 0.3) is 11.1 Å². The number of hydrogen-bond acceptors (Lipinski definition) is 12. The largest absolute Gasteiger partial charge is 0.494 e. The van der Waals surface area contributed by atoms with Crippen molar-refractivity contribution in [2.24, 2.45) is 0 Å². The Labute approximate surface area is 300 Å². The Bertz CT molecular complexity index is 1840. The minimum Gasteiger partial charge on any atom is -0.494 e. The number of nitrogens with one attached hydrogen (secondary N) is 2. The lowest BCUT2D eigenvalue weighted by molar-refractivity contribution is 0.0982. The van der Waals surface area contributed by atoms with Gasteiger partial charge in [0.15, 0.2) is 5.82 Å². The van der Waals surface area contributed by atoms with Gasteiger partial charge in [-0.15, -0.1) is 0 Å². The van der Waals surface area contributed by atoms with Gasteiger partial charge in [0, 0.05) is 80.3 Å². The number of likely N-dealkylation sites (N-methyl/N-ethyl adjacent to an activating group) is 1. The third-order valence-electron chi connectivity index (χ3n) is 9.61. The van der Waals surface area contributed by atoms with Crippen molar-refractivity contribution < 1.29 is 14.0 Å². The summed E-state index contributed by atoms with van der Waals surface area (Å²) in [6.07, 6.45) is 8.10. The van der Waals surface area contributed by atoms with E-state index in [1.165, 1.54) is 18.4 Å². The molecule has 2 fully saturated rings.